The summed E-state index contributed by atoms with van der Waals surface area (Å²) in [6, 6.07) is 9.96. The zero-order chi connectivity index (χ0) is 13.8. The van der Waals surface area contributed by atoms with Gasteiger partial charge in [0.1, 0.15) is 0 Å². The first-order valence-electron chi connectivity index (χ1n) is 7.60. The van der Waals surface area contributed by atoms with Crippen LogP contribution in [0, 0.1) is 0 Å². The first-order valence-corrected chi connectivity index (χ1v) is 8.39. The summed E-state index contributed by atoms with van der Waals surface area (Å²) < 4.78 is 6.59. The number of halogens is 1. The third-order valence-electron chi connectivity index (χ3n) is 4.31. The lowest BCUT2D eigenvalue weighted by Gasteiger charge is -2.33. The highest BCUT2D eigenvalue weighted by molar-refractivity contribution is 9.10. The van der Waals surface area contributed by atoms with Crippen molar-refractivity contribution in [3.63, 3.8) is 0 Å². The second-order valence-corrected chi connectivity index (χ2v) is 6.82. The molecule has 0 bridgehead atoms. The molecule has 0 unspecified atom stereocenters. The normalized spacial score (nSPS) is 25.1. The van der Waals surface area contributed by atoms with E-state index >= 15 is 0 Å². The molecule has 0 saturated carbocycles. The van der Waals surface area contributed by atoms with E-state index in [1.807, 2.05) is 0 Å². The molecular weight excluding hydrogens is 316 g/mol. The summed E-state index contributed by atoms with van der Waals surface area (Å²) in [4.78, 5) is 2.56. The molecule has 1 N–H and O–H groups in total. The van der Waals surface area contributed by atoms with Crippen LogP contribution >= 0.6 is 15.9 Å². The summed E-state index contributed by atoms with van der Waals surface area (Å²) in [6.45, 7) is 5.30. The van der Waals surface area contributed by atoms with Gasteiger partial charge in [0, 0.05) is 29.7 Å². The van der Waals surface area contributed by atoms with Gasteiger partial charge in [0.25, 0.3) is 0 Å². The monoisotopic (exact) mass is 338 g/mol. The Morgan fingerprint density at radius 2 is 1.85 bits per heavy atom. The predicted octanol–water partition coefficient (Wildman–Crippen LogP) is 2.79. The van der Waals surface area contributed by atoms with E-state index in [2.05, 4.69) is 50.4 Å². The van der Waals surface area contributed by atoms with Gasteiger partial charge in [-0.05, 0) is 50.0 Å². The fraction of sp³-hybridized carbons (Fsp3) is 0.625. The fourth-order valence-electron chi connectivity index (χ4n) is 3.11. The first kappa shape index (κ1) is 14.5. The Kier molecular flexibility index (Phi) is 5.10. The number of benzene rings is 1. The predicted molar refractivity (Wildman–Crippen MR) is 84.8 cm³/mol. The molecule has 0 aromatic heterocycles. The molecule has 0 radical (unpaired) electrons. The number of rotatable bonds is 4. The van der Waals surface area contributed by atoms with Crippen LogP contribution in [0.4, 0.5) is 0 Å². The molecule has 2 aliphatic rings. The van der Waals surface area contributed by atoms with Crippen molar-refractivity contribution in [1.82, 2.24) is 10.2 Å². The first-order chi connectivity index (χ1) is 9.79. The highest BCUT2D eigenvalue weighted by Crippen LogP contribution is 2.17. The minimum absolute atomic E-state index is 0.595. The van der Waals surface area contributed by atoms with Crippen LogP contribution in [0.3, 0.4) is 0 Å². The van der Waals surface area contributed by atoms with Gasteiger partial charge < -0.3 is 10.1 Å². The van der Waals surface area contributed by atoms with Crippen LogP contribution in [0.15, 0.2) is 28.7 Å². The molecule has 3 nitrogen and oxygen atoms in total. The summed E-state index contributed by atoms with van der Waals surface area (Å²) in [7, 11) is 0. The Labute approximate surface area is 129 Å². The van der Waals surface area contributed by atoms with E-state index in [0.29, 0.717) is 12.1 Å². The van der Waals surface area contributed by atoms with E-state index in [0.717, 1.165) is 24.2 Å². The summed E-state index contributed by atoms with van der Waals surface area (Å²) in [5, 5.41) is 3.75. The second-order valence-electron chi connectivity index (χ2n) is 5.90. The van der Waals surface area contributed by atoms with Crippen LogP contribution in [0.25, 0.3) is 0 Å². The number of nitrogens with one attached hydrogen (secondary N) is 1. The van der Waals surface area contributed by atoms with Crippen molar-refractivity contribution in [3.8, 4) is 0 Å². The van der Waals surface area contributed by atoms with Gasteiger partial charge in [-0.1, -0.05) is 28.1 Å². The van der Waals surface area contributed by atoms with Gasteiger partial charge in [-0.25, -0.2) is 0 Å². The Bertz CT molecular complexity index is 409. The molecule has 1 aromatic rings. The number of piperidine rings is 1. The van der Waals surface area contributed by atoms with Crippen molar-refractivity contribution in [3.05, 3.63) is 34.3 Å². The lowest BCUT2D eigenvalue weighted by Crippen LogP contribution is -2.46. The number of likely N-dealkylation sites (tertiary alicyclic amines) is 1. The van der Waals surface area contributed by atoms with Crippen LogP contribution in [-0.2, 0) is 11.3 Å². The lowest BCUT2D eigenvalue weighted by molar-refractivity contribution is 0.168. The van der Waals surface area contributed by atoms with Gasteiger partial charge in [0.2, 0.25) is 0 Å². The summed E-state index contributed by atoms with van der Waals surface area (Å²) in [5.41, 5.74) is 1.41. The number of nitrogens with zero attached hydrogens (tertiary/aromatic N) is 1. The molecule has 1 aromatic carbocycles. The van der Waals surface area contributed by atoms with Gasteiger partial charge in [0.05, 0.1) is 6.61 Å². The van der Waals surface area contributed by atoms with Crippen molar-refractivity contribution in [1.29, 1.82) is 0 Å². The summed E-state index contributed by atoms with van der Waals surface area (Å²) in [6.07, 6.45) is 3.69. The van der Waals surface area contributed by atoms with E-state index in [9.17, 15) is 0 Å². The second kappa shape index (κ2) is 7.03. The number of hydrogen-bond acceptors (Lipinski definition) is 3. The zero-order valence-corrected chi connectivity index (χ0v) is 13.4. The summed E-state index contributed by atoms with van der Waals surface area (Å²) in [5.74, 6) is 0. The maximum absolute atomic E-state index is 5.43. The van der Waals surface area contributed by atoms with Gasteiger partial charge in [-0.3, -0.25) is 4.90 Å². The van der Waals surface area contributed by atoms with Gasteiger partial charge in [-0.15, -0.1) is 0 Å². The SMILES string of the molecule is Brc1ccc(CN2CCC(N[C@@H]3CCOC3)CC2)cc1. The molecule has 2 saturated heterocycles. The van der Waals surface area contributed by atoms with Crippen molar-refractivity contribution in [2.75, 3.05) is 26.3 Å². The van der Waals surface area contributed by atoms with Crippen molar-refractivity contribution in [2.24, 2.45) is 0 Å². The maximum atomic E-state index is 5.43. The van der Waals surface area contributed by atoms with E-state index in [1.165, 1.54) is 37.9 Å². The topological polar surface area (TPSA) is 24.5 Å². The number of hydrogen-bond donors (Lipinski definition) is 1. The largest absolute Gasteiger partial charge is 0.380 e. The van der Waals surface area contributed by atoms with E-state index < -0.39 is 0 Å². The lowest BCUT2D eigenvalue weighted by atomic mass is 10.0. The Morgan fingerprint density at radius 3 is 2.50 bits per heavy atom. The third kappa shape index (κ3) is 4.04. The molecular formula is C16H23BrN2O. The quantitative estimate of drug-likeness (QED) is 0.913. The highest BCUT2D eigenvalue weighted by atomic mass is 79.9. The van der Waals surface area contributed by atoms with Crippen molar-refractivity contribution >= 4 is 15.9 Å². The molecule has 20 heavy (non-hydrogen) atoms. The van der Waals surface area contributed by atoms with Crippen molar-refractivity contribution < 1.29 is 4.74 Å². The van der Waals surface area contributed by atoms with Gasteiger partial charge in [0.15, 0.2) is 0 Å². The van der Waals surface area contributed by atoms with Crippen LogP contribution < -0.4 is 5.32 Å². The minimum Gasteiger partial charge on any atom is -0.380 e. The van der Waals surface area contributed by atoms with Crippen LogP contribution in [-0.4, -0.2) is 43.3 Å². The smallest absolute Gasteiger partial charge is 0.0620 e. The molecule has 4 heteroatoms. The molecule has 110 valence electrons. The molecule has 2 heterocycles. The molecule has 2 fully saturated rings. The average Bonchev–Trinajstić information content (AvgIpc) is 2.96. The Morgan fingerprint density at radius 1 is 1.10 bits per heavy atom. The highest BCUT2D eigenvalue weighted by Gasteiger charge is 2.23. The van der Waals surface area contributed by atoms with E-state index in [4.69, 9.17) is 4.74 Å². The van der Waals surface area contributed by atoms with Crippen LogP contribution in [0.1, 0.15) is 24.8 Å². The molecule has 0 aliphatic carbocycles. The maximum Gasteiger partial charge on any atom is 0.0620 e. The third-order valence-corrected chi connectivity index (χ3v) is 4.84. The van der Waals surface area contributed by atoms with Crippen LogP contribution in [0.2, 0.25) is 0 Å². The van der Waals surface area contributed by atoms with Crippen LogP contribution in [0.5, 0.6) is 0 Å². The Hall–Kier alpha value is -0.420. The van der Waals surface area contributed by atoms with Gasteiger partial charge >= 0.3 is 0 Å². The molecule has 2 aliphatic heterocycles. The Balaban J connectivity index is 1.42. The standard InChI is InChI=1S/C16H23BrN2O/c17-14-3-1-13(2-4-14)11-19-8-5-15(6-9-19)18-16-7-10-20-12-16/h1-4,15-16,18H,5-12H2/t16-/m1/s1. The fourth-order valence-corrected chi connectivity index (χ4v) is 3.37. The average molecular weight is 339 g/mol. The van der Waals surface area contributed by atoms with E-state index in [1.54, 1.807) is 0 Å². The molecule has 0 spiro atoms. The van der Waals surface area contributed by atoms with Gasteiger partial charge in [-0.2, -0.15) is 0 Å². The zero-order valence-electron chi connectivity index (χ0n) is 11.9. The molecule has 3 rings (SSSR count). The molecule has 1 atom stereocenters. The number of ether oxygens (including phenoxy) is 1. The van der Waals surface area contributed by atoms with E-state index in [-0.39, 0.29) is 0 Å². The summed E-state index contributed by atoms with van der Waals surface area (Å²) >= 11 is 3.49. The minimum atomic E-state index is 0.595. The van der Waals surface area contributed by atoms with Crippen molar-refractivity contribution in [2.45, 2.75) is 37.9 Å². The molecule has 0 amide bonds.